The number of halogens is 1. The summed E-state index contributed by atoms with van der Waals surface area (Å²) in [5.41, 5.74) is 2.76. The van der Waals surface area contributed by atoms with Crippen LogP contribution in [-0.2, 0) is 22.3 Å². The highest BCUT2D eigenvalue weighted by molar-refractivity contribution is 7.88. The van der Waals surface area contributed by atoms with E-state index in [0.29, 0.717) is 16.6 Å². The van der Waals surface area contributed by atoms with E-state index >= 15 is 0 Å². The van der Waals surface area contributed by atoms with Gasteiger partial charge in [0.05, 0.1) is 17.8 Å². The Kier molecular flexibility index (Phi) is 5.58. The molecule has 0 aliphatic heterocycles. The van der Waals surface area contributed by atoms with Gasteiger partial charge in [0.15, 0.2) is 0 Å². The van der Waals surface area contributed by atoms with E-state index in [0.717, 1.165) is 11.3 Å². The summed E-state index contributed by atoms with van der Waals surface area (Å²) in [4.78, 5) is 3.94. The monoisotopic (exact) mass is 346 g/mol. The Hall–Kier alpha value is -1.15. The van der Waals surface area contributed by atoms with E-state index in [-0.39, 0.29) is 12.3 Å². The summed E-state index contributed by atoms with van der Waals surface area (Å²) in [6.07, 6.45) is 0. The van der Waals surface area contributed by atoms with E-state index < -0.39 is 10.0 Å². The van der Waals surface area contributed by atoms with Gasteiger partial charge in [-0.15, -0.1) is 11.3 Å². The van der Waals surface area contributed by atoms with E-state index in [1.807, 2.05) is 31.2 Å². The predicted molar refractivity (Wildman–Crippen MR) is 84.2 cm³/mol. The molecule has 2 rings (SSSR count). The van der Waals surface area contributed by atoms with Crippen molar-refractivity contribution >= 4 is 33.0 Å². The molecule has 0 amide bonds. The van der Waals surface area contributed by atoms with Gasteiger partial charge in [0.1, 0.15) is 15.8 Å². The molecule has 0 aliphatic rings. The Balaban J connectivity index is 1.93. The molecule has 0 aliphatic carbocycles. The number of benzene rings is 1. The quantitative estimate of drug-likeness (QED) is 0.837. The number of hydrogen-bond acceptors (Lipinski definition) is 5. The third-order valence-corrected chi connectivity index (χ3v) is 5.03. The van der Waals surface area contributed by atoms with Gasteiger partial charge in [-0.05, 0) is 24.6 Å². The maximum absolute atomic E-state index is 12.0. The first kappa shape index (κ1) is 16.2. The van der Waals surface area contributed by atoms with Gasteiger partial charge in [-0.25, -0.2) is 18.1 Å². The zero-order valence-electron chi connectivity index (χ0n) is 11.4. The lowest BCUT2D eigenvalue weighted by Crippen LogP contribution is -2.24. The Morgan fingerprint density at radius 1 is 1.33 bits per heavy atom. The summed E-state index contributed by atoms with van der Waals surface area (Å²) in [6.45, 7) is 2.72. The lowest BCUT2D eigenvalue weighted by Gasteiger charge is -2.07. The van der Waals surface area contributed by atoms with Gasteiger partial charge in [-0.1, -0.05) is 23.7 Å². The molecule has 0 spiro atoms. The highest BCUT2D eigenvalue weighted by atomic mass is 35.5. The molecule has 1 aromatic carbocycles. The second-order valence-electron chi connectivity index (χ2n) is 4.23. The van der Waals surface area contributed by atoms with Crippen LogP contribution in [0.5, 0.6) is 5.75 Å². The highest BCUT2D eigenvalue weighted by Gasteiger charge is 2.15. The lowest BCUT2D eigenvalue weighted by atomic mass is 10.2. The summed E-state index contributed by atoms with van der Waals surface area (Å²) >= 11 is 7.07. The number of ether oxygens (including phenoxy) is 1. The SMILES string of the molecule is CCOc1ccc(CNS(=O)(=O)Cc2ncsc2Cl)cc1. The number of sulfonamides is 1. The summed E-state index contributed by atoms with van der Waals surface area (Å²) < 4.78 is 32.2. The van der Waals surface area contributed by atoms with Crippen LogP contribution in [0.25, 0.3) is 0 Å². The number of aromatic nitrogens is 1. The van der Waals surface area contributed by atoms with Crippen LogP contribution >= 0.6 is 22.9 Å². The van der Waals surface area contributed by atoms with Crippen LogP contribution in [0.3, 0.4) is 0 Å². The maximum atomic E-state index is 12.0. The first-order chi connectivity index (χ1) is 10.00. The Morgan fingerprint density at radius 2 is 2.05 bits per heavy atom. The molecule has 5 nitrogen and oxygen atoms in total. The molecule has 114 valence electrons. The molecule has 0 atom stereocenters. The fourth-order valence-corrected chi connectivity index (χ4v) is 3.65. The van der Waals surface area contributed by atoms with Gasteiger partial charge >= 0.3 is 0 Å². The summed E-state index contributed by atoms with van der Waals surface area (Å²) in [5.74, 6) is 0.546. The van der Waals surface area contributed by atoms with Crippen LogP contribution in [0.15, 0.2) is 29.8 Å². The molecule has 0 unspecified atom stereocenters. The molecule has 0 saturated carbocycles. The third-order valence-electron chi connectivity index (χ3n) is 2.65. The number of nitrogens with one attached hydrogen (secondary N) is 1. The van der Waals surface area contributed by atoms with E-state index in [9.17, 15) is 8.42 Å². The minimum Gasteiger partial charge on any atom is -0.494 e. The average Bonchev–Trinajstić information content (AvgIpc) is 2.83. The number of thiazole rings is 1. The molecule has 1 N–H and O–H groups in total. The van der Waals surface area contributed by atoms with Crippen LogP contribution in [0.1, 0.15) is 18.2 Å². The van der Waals surface area contributed by atoms with Crippen molar-refractivity contribution in [3.63, 3.8) is 0 Å². The molecule has 21 heavy (non-hydrogen) atoms. The maximum Gasteiger partial charge on any atom is 0.217 e. The molecule has 1 heterocycles. The molecule has 0 radical (unpaired) electrons. The lowest BCUT2D eigenvalue weighted by molar-refractivity contribution is 0.340. The molecular formula is C13H15ClN2O3S2. The molecule has 0 bridgehead atoms. The Morgan fingerprint density at radius 3 is 2.62 bits per heavy atom. The summed E-state index contributed by atoms with van der Waals surface area (Å²) in [7, 11) is -3.47. The molecular weight excluding hydrogens is 332 g/mol. The Bertz CT molecular complexity index is 684. The standard InChI is InChI=1S/C13H15ClN2O3S2/c1-2-19-11-5-3-10(4-6-11)7-16-21(17,18)8-12-13(14)20-9-15-12/h3-6,9,16H,2,7-8H2,1H3. The summed E-state index contributed by atoms with van der Waals surface area (Å²) in [6, 6.07) is 7.27. The van der Waals surface area contributed by atoms with Crippen LogP contribution in [0.4, 0.5) is 0 Å². The van der Waals surface area contributed by atoms with E-state index in [2.05, 4.69) is 9.71 Å². The van der Waals surface area contributed by atoms with Crippen LogP contribution in [0.2, 0.25) is 4.34 Å². The van der Waals surface area contributed by atoms with Gasteiger partial charge in [0.25, 0.3) is 0 Å². The molecule has 1 aromatic heterocycles. The predicted octanol–water partition coefficient (Wildman–Crippen LogP) is 2.81. The van der Waals surface area contributed by atoms with Gasteiger partial charge in [-0.3, -0.25) is 0 Å². The van der Waals surface area contributed by atoms with Gasteiger partial charge in [0, 0.05) is 6.54 Å². The third kappa shape index (κ3) is 4.96. The smallest absolute Gasteiger partial charge is 0.217 e. The first-order valence-corrected chi connectivity index (χ1v) is 9.18. The molecule has 0 fully saturated rings. The van der Waals surface area contributed by atoms with Crippen molar-refractivity contribution in [1.29, 1.82) is 0 Å². The highest BCUT2D eigenvalue weighted by Crippen LogP contribution is 2.21. The van der Waals surface area contributed by atoms with Crippen LogP contribution in [-0.4, -0.2) is 20.0 Å². The molecule has 0 saturated heterocycles. The zero-order chi connectivity index (χ0) is 15.3. The van der Waals surface area contributed by atoms with Crippen molar-refractivity contribution in [2.45, 2.75) is 19.2 Å². The minimum absolute atomic E-state index is 0.216. The zero-order valence-corrected chi connectivity index (χ0v) is 13.8. The Labute approximate surface area is 133 Å². The van der Waals surface area contributed by atoms with Gasteiger partial charge in [-0.2, -0.15) is 0 Å². The van der Waals surface area contributed by atoms with E-state index in [4.69, 9.17) is 16.3 Å². The van der Waals surface area contributed by atoms with Crippen LogP contribution < -0.4 is 9.46 Å². The van der Waals surface area contributed by atoms with Gasteiger partial charge in [0.2, 0.25) is 10.0 Å². The van der Waals surface area contributed by atoms with Crippen molar-refractivity contribution < 1.29 is 13.2 Å². The van der Waals surface area contributed by atoms with E-state index in [1.165, 1.54) is 16.8 Å². The first-order valence-electron chi connectivity index (χ1n) is 6.27. The second kappa shape index (κ2) is 7.22. The van der Waals surface area contributed by atoms with Crippen molar-refractivity contribution in [2.24, 2.45) is 0 Å². The van der Waals surface area contributed by atoms with Gasteiger partial charge < -0.3 is 4.74 Å². The number of rotatable bonds is 7. The van der Waals surface area contributed by atoms with Crippen molar-refractivity contribution in [2.75, 3.05) is 6.61 Å². The normalized spacial score (nSPS) is 11.5. The minimum atomic E-state index is -3.47. The molecule has 2 aromatic rings. The van der Waals surface area contributed by atoms with Crippen molar-refractivity contribution in [1.82, 2.24) is 9.71 Å². The fraction of sp³-hybridized carbons (Fsp3) is 0.308. The molecule has 8 heteroatoms. The van der Waals surface area contributed by atoms with Crippen molar-refractivity contribution in [3.8, 4) is 5.75 Å². The summed E-state index contributed by atoms with van der Waals surface area (Å²) in [5, 5.41) is 0. The topological polar surface area (TPSA) is 68.3 Å². The van der Waals surface area contributed by atoms with E-state index in [1.54, 1.807) is 0 Å². The van der Waals surface area contributed by atoms with Crippen molar-refractivity contribution in [3.05, 3.63) is 45.4 Å². The van der Waals surface area contributed by atoms with Crippen LogP contribution in [0, 0.1) is 0 Å². The average molecular weight is 347 g/mol. The number of hydrogen-bond donors (Lipinski definition) is 1. The second-order valence-corrected chi connectivity index (χ2v) is 7.49. The number of nitrogens with zero attached hydrogens (tertiary/aromatic N) is 1. The fourth-order valence-electron chi connectivity index (χ4n) is 1.64. The largest absolute Gasteiger partial charge is 0.494 e.